The van der Waals surface area contributed by atoms with Gasteiger partial charge in [-0.3, -0.25) is 4.99 Å². The Hall–Kier alpha value is -4.34. The van der Waals surface area contributed by atoms with Crippen LogP contribution in [0.25, 0.3) is 27.6 Å². The number of hydrogen-bond donors (Lipinski definition) is 0. The quantitative estimate of drug-likeness (QED) is 0.131. The fraction of sp³-hybridized carbons (Fsp3) is 0.426. The summed E-state index contributed by atoms with van der Waals surface area (Å²) in [6, 6.07) is 29.1. The van der Waals surface area contributed by atoms with Gasteiger partial charge in [0.05, 0.1) is 5.52 Å². The van der Waals surface area contributed by atoms with Crippen LogP contribution < -0.4 is 0 Å². The van der Waals surface area contributed by atoms with Gasteiger partial charge in [-0.25, -0.2) is 4.98 Å². The van der Waals surface area contributed by atoms with Crippen LogP contribution in [0.3, 0.4) is 0 Å². The first-order valence-electron chi connectivity index (χ1n) is 21.2. The van der Waals surface area contributed by atoms with Crippen LogP contribution in [-0.4, -0.2) is 26.8 Å². The molecular formula is C54H61N3O2Pt. The van der Waals surface area contributed by atoms with Crippen molar-refractivity contribution in [2.45, 2.75) is 145 Å². The molecule has 5 nitrogen and oxygen atoms in total. The predicted molar refractivity (Wildman–Crippen MR) is 244 cm³/mol. The molecule has 0 bridgehead atoms. The molecule has 8 rings (SSSR count). The first-order valence-corrected chi connectivity index (χ1v) is 21.2. The number of rotatable bonds is 4. The van der Waals surface area contributed by atoms with Crippen molar-refractivity contribution in [3.63, 3.8) is 0 Å². The first-order chi connectivity index (χ1) is 27.2. The van der Waals surface area contributed by atoms with Crippen molar-refractivity contribution >= 4 is 33.6 Å². The summed E-state index contributed by atoms with van der Waals surface area (Å²) in [5, 5.41) is 2.22. The Labute approximate surface area is 372 Å². The van der Waals surface area contributed by atoms with Gasteiger partial charge in [0.15, 0.2) is 0 Å². The summed E-state index contributed by atoms with van der Waals surface area (Å²) < 4.78 is 9.41. The minimum Gasteiger partial charge on any atom is -0.501 e. The van der Waals surface area contributed by atoms with Crippen LogP contribution in [0.15, 0.2) is 71.9 Å². The molecule has 2 aromatic heterocycles. The van der Waals surface area contributed by atoms with E-state index in [0.717, 1.165) is 50.7 Å². The van der Waals surface area contributed by atoms with Crippen molar-refractivity contribution in [3.05, 3.63) is 140 Å². The smallest absolute Gasteiger partial charge is 0.501 e. The van der Waals surface area contributed by atoms with E-state index in [1.54, 1.807) is 0 Å². The average Bonchev–Trinajstić information content (AvgIpc) is 3.71. The molecule has 60 heavy (non-hydrogen) atoms. The van der Waals surface area contributed by atoms with Crippen LogP contribution >= 0.6 is 0 Å². The summed E-state index contributed by atoms with van der Waals surface area (Å²) in [7, 11) is 0. The molecule has 0 amide bonds. The Morgan fingerprint density at radius 1 is 0.717 bits per heavy atom. The molecule has 314 valence electrons. The number of nitrogens with zero attached hydrogens (tertiary/aromatic N) is 3. The van der Waals surface area contributed by atoms with Gasteiger partial charge in [-0.1, -0.05) is 118 Å². The van der Waals surface area contributed by atoms with Gasteiger partial charge >= 0.3 is 21.1 Å². The van der Waals surface area contributed by atoms with Crippen molar-refractivity contribution in [1.82, 2.24) is 9.55 Å². The molecule has 2 atom stereocenters. The molecule has 0 N–H and O–H groups in total. The molecule has 0 unspecified atom stereocenters. The Morgan fingerprint density at radius 2 is 1.32 bits per heavy atom. The largest absolute Gasteiger partial charge is 2.00 e. The average molecular weight is 979 g/mol. The van der Waals surface area contributed by atoms with Crippen LogP contribution in [0.2, 0.25) is 0 Å². The van der Waals surface area contributed by atoms with Crippen LogP contribution in [0.1, 0.15) is 156 Å². The molecule has 2 aliphatic rings. The van der Waals surface area contributed by atoms with E-state index >= 15 is 4.79 Å². The predicted octanol–water partition coefficient (Wildman–Crippen LogP) is 12.9. The number of carbonyl (C=O) groups excluding carboxylic acids is 1. The summed E-state index contributed by atoms with van der Waals surface area (Å²) >= 11 is 0. The van der Waals surface area contributed by atoms with E-state index in [9.17, 15) is 0 Å². The number of pyridine rings is 1. The fourth-order valence-corrected chi connectivity index (χ4v) is 9.40. The first kappa shape index (κ1) is 43.7. The summed E-state index contributed by atoms with van der Waals surface area (Å²) in [5.74, 6) is 0.400. The zero-order valence-corrected chi connectivity index (χ0v) is 40.8. The van der Waals surface area contributed by atoms with Gasteiger partial charge in [0.25, 0.3) is 0 Å². The van der Waals surface area contributed by atoms with E-state index in [1.165, 1.54) is 27.8 Å². The number of benzene rings is 4. The monoisotopic (exact) mass is 978 g/mol. The maximum absolute atomic E-state index is 15.2. The third-order valence-corrected chi connectivity index (χ3v) is 13.3. The number of hydrogen-bond acceptors (Lipinski definition) is 4. The topological polar surface area (TPSA) is 56.5 Å². The number of carbonyl (C=O) groups is 1. The SMILES string of the molecule is Cc1cnc2c(c1)c1cc(C(C)(C)C)ccc1n2-c1[c-]c(C(=O)c2[c-]c(C3=N[C@]4(C)c5cc(C)c(C)cc5C[C@]4(C(C)(C)C)O3)cc(C(C)(C)C)c2)cc(C(C)(C)C)c1.[Pt+2]. The summed E-state index contributed by atoms with van der Waals surface area (Å²) in [6.07, 6.45) is 2.68. The Balaban J connectivity index is 0.00000544. The fourth-order valence-electron chi connectivity index (χ4n) is 9.40. The normalized spacial score (nSPS) is 19.2. The molecule has 1 aliphatic carbocycles. The molecule has 3 heterocycles. The van der Waals surface area contributed by atoms with Crippen LogP contribution in [-0.2, 0) is 54.0 Å². The zero-order valence-electron chi connectivity index (χ0n) is 38.5. The molecule has 0 fully saturated rings. The number of fused-ring (bicyclic) bond motifs is 6. The second-order valence-corrected chi connectivity index (χ2v) is 21.8. The van der Waals surface area contributed by atoms with Crippen molar-refractivity contribution in [2.75, 3.05) is 0 Å². The second kappa shape index (κ2) is 14.1. The number of aliphatic imine (C=N–C) groups is 1. The van der Waals surface area contributed by atoms with E-state index in [4.69, 9.17) is 14.7 Å². The molecule has 1 aliphatic heterocycles. The van der Waals surface area contributed by atoms with E-state index in [-0.39, 0.29) is 48.5 Å². The van der Waals surface area contributed by atoms with E-state index < -0.39 is 11.1 Å². The van der Waals surface area contributed by atoms with Crippen molar-refractivity contribution in [2.24, 2.45) is 10.4 Å². The molecule has 6 aromatic rings. The molecule has 4 aromatic carbocycles. The van der Waals surface area contributed by atoms with Gasteiger partial charge < -0.3 is 14.1 Å². The summed E-state index contributed by atoms with van der Waals surface area (Å²) in [5.41, 5.74) is 11.8. The molecule has 0 saturated heterocycles. The second-order valence-electron chi connectivity index (χ2n) is 21.8. The maximum Gasteiger partial charge on any atom is 2.00 e. The minimum absolute atomic E-state index is 0. The van der Waals surface area contributed by atoms with Crippen molar-refractivity contribution in [3.8, 4) is 5.69 Å². The van der Waals surface area contributed by atoms with E-state index in [1.807, 2.05) is 18.3 Å². The molecule has 0 saturated carbocycles. The molecular weight excluding hydrogens is 918 g/mol. The summed E-state index contributed by atoms with van der Waals surface area (Å²) in [4.78, 5) is 25.7. The van der Waals surface area contributed by atoms with Crippen LogP contribution in [0, 0.1) is 38.3 Å². The van der Waals surface area contributed by atoms with Crippen molar-refractivity contribution in [1.29, 1.82) is 0 Å². The Bertz CT molecular complexity index is 2780. The number of aromatic nitrogens is 2. The van der Waals surface area contributed by atoms with Crippen LogP contribution in [0.5, 0.6) is 0 Å². The van der Waals surface area contributed by atoms with Crippen molar-refractivity contribution < 1.29 is 30.6 Å². The summed E-state index contributed by atoms with van der Waals surface area (Å²) in [6.45, 7) is 35.3. The standard InChI is InChI=1S/C54H61N3O2.Pt/c1-31-19-43-42-28-38(49(4,5)6)17-18-45(42)57(47(43)55-30-31)41-26-35(24-40(27-41)51(10,11)12)46(58)34-22-36(25-39(23-34)50(7,8)9)48-56-53(16)44-21-33(3)32(2)20-37(44)29-54(53,59-48)52(13,14)15;/h17-21,23-25,27-28,30H,29H2,1-16H3;/q-2;+2/t53-,54-;/m1./s1. The Kier molecular flexibility index (Phi) is 10.3. The van der Waals surface area contributed by atoms with Gasteiger partial charge in [0, 0.05) is 28.8 Å². The van der Waals surface area contributed by atoms with Gasteiger partial charge in [0.1, 0.15) is 28.5 Å². The minimum atomic E-state index is -0.615. The van der Waals surface area contributed by atoms with Gasteiger partial charge in [0.2, 0.25) is 0 Å². The molecule has 0 radical (unpaired) electrons. The number of aryl methyl sites for hydroxylation is 3. The van der Waals surface area contributed by atoms with Gasteiger partial charge in [-0.05, 0) is 101 Å². The molecule has 0 spiro atoms. The van der Waals surface area contributed by atoms with E-state index in [0.29, 0.717) is 22.6 Å². The van der Waals surface area contributed by atoms with E-state index in [2.05, 4.69) is 176 Å². The number of ketones is 1. The maximum atomic E-state index is 15.2. The third-order valence-electron chi connectivity index (χ3n) is 13.3. The molecule has 6 heteroatoms. The zero-order chi connectivity index (χ0) is 43.0. The van der Waals surface area contributed by atoms with Gasteiger partial charge in [-0.15, -0.1) is 47.5 Å². The van der Waals surface area contributed by atoms with Gasteiger partial charge in [-0.2, -0.15) is 0 Å². The van der Waals surface area contributed by atoms with Crippen LogP contribution in [0.4, 0.5) is 0 Å². The third kappa shape index (κ3) is 6.92. The number of ether oxygens (including phenoxy) is 1. The Morgan fingerprint density at radius 3 is 1.93 bits per heavy atom.